The molecule has 0 spiro atoms. The molecule has 0 aromatic heterocycles. The Morgan fingerprint density at radius 1 is 1.46 bits per heavy atom. The monoisotopic (exact) mass is 183 g/mol. The summed E-state index contributed by atoms with van der Waals surface area (Å²) in [6.07, 6.45) is 3.43. The summed E-state index contributed by atoms with van der Waals surface area (Å²) in [4.78, 5) is 6.58. The van der Waals surface area contributed by atoms with Crippen LogP contribution in [0.2, 0.25) is 0 Å². The highest BCUT2D eigenvalue weighted by Crippen LogP contribution is 1.98. The molecular formula is C10H21N3. The second kappa shape index (κ2) is 6.66. The first-order valence-electron chi connectivity index (χ1n) is 4.65. The molecule has 0 saturated carbocycles. The second-order valence-corrected chi connectivity index (χ2v) is 3.62. The van der Waals surface area contributed by atoms with Gasteiger partial charge in [0, 0.05) is 12.3 Å². The number of nitrogens with zero attached hydrogens (tertiary/aromatic N) is 2. The fourth-order valence-corrected chi connectivity index (χ4v) is 0.905. The third-order valence-corrected chi connectivity index (χ3v) is 1.70. The van der Waals surface area contributed by atoms with Crippen LogP contribution < -0.4 is 5.73 Å². The van der Waals surface area contributed by atoms with E-state index in [1.165, 1.54) is 0 Å². The zero-order valence-corrected chi connectivity index (χ0v) is 9.12. The van der Waals surface area contributed by atoms with Gasteiger partial charge < -0.3 is 10.6 Å². The van der Waals surface area contributed by atoms with Crippen LogP contribution in [-0.4, -0.2) is 37.8 Å². The van der Waals surface area contributed by atoms with Crippen LogP contribution in [0.3, 0.4) is 0 Å². The van der Waals surface area contributed by atoms with E-state index in [0.29, 0.717) is 5.92 Å². The summed E-state index contributed by atoms with van der Waals surface area (Å²) in [5.74, 6) is 0.446. The molecule has 0 aromatic carbocycles. The van der Waals surface area contributed by atoms with E-state index in [0.717, 1.165) is 18.8 Å². The lowest BCUT2D eigenvalue weighted by Crippen LogP contribution is -2.17. The number of likely N-dealkylation sites (N-methyl/N-ethyl adjacent to an activating group) is 1. The Bertz CT molecular complexity index is 181. The van der Waals surface area contributed by atoms with Gasteiger partial charge in [-0.1, -0.05) is 13.8 Å². The molecule has 3 nitrogen and oxygen atoms in total. The van der Waals surface area contributed by atoms with E-state index in [1.807, 2.05) is 20.2 Å². The number of nitrogens with two attached hydrogens (primary N) is 1. The molecule has 0 amide bonds. The van der Waals surface area contributed by atoms with Crippen molar-refractivity contribution in [2.45, 2.75) is 13.8 Å². The first kappa shape index (κ1) is 12.2. The predicted octanol–water partition coefficient (Wildman–Crippen LogP) is 1.12. The molecule has 0 unspecified atom stereocenters. The van der Waals surface area contributed by atoms with Crippen LogP contribution in [0.1, 0.15) is 13.8 Å². The topological polar surface area (TPSA) is 41.6 Å². The molecule has 0 atom stereocenters. The maximum atomic E-state index is 5.33. The fraction of sp³-hybridized carbons (Fsp3) is 0.700. The molecule has 76 valence electrons. The van der Waals surface area contributed by atoms with E-state index in [2.05, 4.69) is 23.7 Å². The minimum Gasteiger partial charge on any atom is -0.405 e. The van der Waals surface area contributed by atoms with Gasteiger partial charge in [-0.05, 0) is 32.3 Å². The minimum absolute atomic E-state index is 0.446. The molecule has 13 heavy (non-hydrogen) atoms. The van der Waals surface area contributed by atoms with Crippen LogP contribution in [0.25, 0.3) is 0 Å². The highest BCUT2D eigenvalue weighted by Gasteiger charge is 1.99. The first-order valence-corrected chi connectivity index (χ1v) is 4.65. The summed E-state index contributed by atoms with van der Waals surface area (Å²) >= 11 is 0. The van der Waals surface area contributed by atoms with Crippen LogP contribution in [0.5, 0.6) is 0 Å². The summed E-state index contributed by atoms with van der Waals surface area (Å²) < 4.78 is 0. The van der Waals surface area contributed by atoms with Crippen molar-refractivity contribution >= 4 is 5.71 Å². The van der Waals surface area contributed by atoms with Crippen LogP contribution in [-0.2, 0) is 0 Å². The quantitative estimate of drug-likeness (QED) is 0.649. The SMILES string of the molecule is CC(C)C(/C=C\N)=NCCN(C)C. The van der Waals surface area contributed by atoms with E-state index in [9.17, 15) is 0 Å². The van der Waals surface area contributed by atoms with Gasteiger partial charge in [0.25, 0.3) is 0 Å². The standard InChI is InChI=1S/C10H21N3/c1-9(2)10(5-6-11)12-7-8-13(3)4/h5-6,9H,7-8,11H2,1-4H3/b6-5-,12-10?. The average molecular weight is 183 g/mol. The molecule has 0 saturated heterocycles. The van der Waals surface area contributed by atoms with Crippen LogP contribution in [0.4, 0.5) is 0 Å². The summed E-state index contributed by atoms with van der Waals surface area (Å²) in [6.45, 7) is 6.06. The molecule has 0 aromatic rings. The van der Waals surface area contributed by atoms with Crippen molar-refractivity contribution in [1.29, 1.82) is 0 Å². The first-order chi connectivity index (χ1) is 6.07. The van der Waals surface area contributed by atoms with Gasteiger partial charge in [-0.3, -0.25) is 4.99 Å². The lowest BCUT2D eigenvalue weighted by atomic mass is 10.1. The van der Waals surface area contributed by atoms with E-state index >= 15 is 0 Å². The van der Waals surface area contributed by atoms with Crippen molar-refractivity contribution < 1.29 is 0 Å². The van der Waals surface area contributed by atoms with Crippen LogP contribution in [0, 0.1) is 5.92 Å². The normalized spacial score (nSPS) is 13.5. The molecular weight excluding hydrogens is 162 g/mol. The Labute approximate surface area is 81.3 Å². The molecule has 2 N–H and O–H groups in total. The Hall–Kier alpha value is -0.830. The lowest BCUT2D eigenvalue weighted by molar-refractivity contribution is 0.420. The van der Waals surface area contributed by atoms with Crippen molar-refractivity contribution in [3.63, 3.8) is 0 Å². The molecule has 0 aliphatic carbocycles. The van der Waals surface area contributed by atoms with Gasteiger partial charge in [0.2, 0.25) is 0 Å². The van der Waals surface area contributed by atoms with Crippen molar-refractivity contribution in [1.82, 2.24) is 4.90 Å². The van der Waals surface area contributed by atoms with Crippen molar-refractivity contribution in [3.8, 4) is 0 Å². The molecule has 0 aliphatic rings. The smallest absolute Gasteiger partial charge is 0.0519 e. The average Bonchev–Trinajstić information content (AvgIpc) is 2.02. The summed E-state index contributed by atoms with van der Waals surface area (Å²) in [5.41, 5.74) is 6.40. The Balaban J connectivity index is 4.04. The molecule has 0 aliphatic heterocycles. The molecule has 0 bridgehead atoms. The third-order valence-electron chi connectivity index (χ3n) is 1.70. The van der Waals surface area contributed by atoms with Crippen LogP contribution >= 0.6 is 0 Å². The molecule has 0 heterocycles. The Kier molecular flexibility index (Phi) is 6.24. The molecule has 0 radical (unpaired) electrons. The van der Waals surface area contributed by atoms with Gasteiger partial charge in [-0.25, -0.2) is 0 Å². The zero-order valence-electron chi connectivity index (χ0n) is 9.12. The Morgan fingerprint density at radius 2 is 2.08 bits per heavy atom. The van der Waals surface area contributed by atoms with Gasteiger partial charge in [0.15, 0.2) is 0 Å². The maximum absolute atomic E-state index is 5.33. The summed E-state index contributed by atoms with van der Waals surface area (Å²) in [5, 5.41) is 0. The molecule has 0 rings (SSSR count). The van der Waals surface area contributed by atoms with Crippen molar-refractivity contribution in [2.75, 3.05) is 27.2 Å². The summed E-state index contributed by atoms with van der Waals surface area (Å²) in [7, 11) is 4.09. The number of allylic oxidation sites excluding steroid dienone is 1. The number of hydrogen-bond acceptors (Lipinski definition) is 3. The van der Waals surface area contributed by atoms with Gasteiger partial charge in [0.05, 0.1) is 6.54 Å². The third kappa shape index (κ3) is 6.34. The van der Waals surface area contributed by atoms with E-state index in [1.54, 1.807) is 6.20 Å². The van der Waals surface area contributed by atoms with Crippen LogP contribution in [0.15, 0.2) is 17.3 Å². The number of hydrogen-bond donors (Lipinski definition) is 1. The maximum Gasteiger partial charge on any atom is 0.0519 e. The minimum atomic E-state index is 0.446. The van der Waals surface area contributed by atoms with E-state index < -0.39 is 0 Å². The van der Waals surface area contributed by atoms with Gasteiger partial charge >= 0.3 is 0 Å². The van der Waals surface area contributed by atoms with E-state index in [-0.39, 0.29) is 0 Å². The van der Waals surface area contributed by atoms with Gasteiger partial charge in [-0.2, -0.15) is 0 Å². The van der Waals surface area contributed by atoms with Crippen molar-refractivity contribution in [2.24, 2.45) is 16.6 Å². The highest BCUT2D eigenvalue weighted by atomic mass is 15.1. The number of aliphatic imine (C=N–C) groups is 1. The number of rotatable bonds is 5. The van der Waals surface area contributed by atoms with Gasteiger partial charge in [-0.15, -0.1) is 0 Å². The highest BCUT2D eigenvalue weighted by molar-refractivity contribution is 5.96. The molecule has 0 fully saturated rings. The predicted molar refractivity (Wildman–Crippen MR) is 59.0 cm³/mol. The second-order valence-electron chi connectivity index (χ2n) is 3.62. The van der Waals surface area contributed by atoms with Crippen molar-refractivity contribution in [3.05, 3.63) is 12.3 Å². The summed E-state index contributed by atoms with van der Waals surface area (Å²) in [6, 6.07) is 0. The Morgan fingerprint density at radius 3 is 2.46 bits per heavy atom. The van der Waals surface area contributed by atoms with E-state index in [4.69, 9.17) is 5.73 Å². The largest absolute Gasteiger partial charge is 0.405 e. The molecule has 3 heteroatoms. The lowest BCUT2D eigenvalue weighted by Gasteiger charge is -2.08. The fourth-order valence-electron chi connectivity index (χ4n) is 0.905. The van der Waals surface area contributed by atoms with Gasteiger partial charge in [0.1, 0.15) is 0 Å². The zero-order chi connectivity index (χ0) is 10.3.